The van der Waals surface area contributed by atoms with E-state index in [0.29, 0.717) is 6.61 Å². The molecule has 4 nitrogen and oxygen atoms in total. The van der Waals surface area contributed by atoms with Gasteiger partial charge in [0.05, 0.1) is 6.61 Å². The maximum Gasteiger partial charge on any atom is 0.127 e. The van der Waals surface area contributed by atoms with E-state index in [0.717, 1.165) is 6.42 Å². The first-order valence-corrected chi connectivity index (χ1v) is 3.27. The Morgan fingerprint density at radius 3 is 2.70 bits per heavy atom. The summed E-state index contributed by atoms with van der Waals surface area (Å²) in [5.41, 5.74) is -0.670. The zero-order valence-corrected chi connectivity index (χ0v) is 6.16. The van der Waals surface area contributed by atoms with Crippen LogP contribution in [0.15, 0.2) is 0 Å². The zero-order chi connectivity index (χ0) is 7.61. The van der Waals surface area contributed by atoms with Crippen LogP contribution in [-0.4, -0.2) is 23.6 Å². The van der Waals surface area contributed by atoms with E-state index in [1.807, 2.05) is 0 Å². The molecule has 0 aromatic carbocycles. The lowest BCUT2D eigenvalue weighted by molar-refractivity contribution is -0.371. The highest BCUT2D eigenvalue weighted by Gasteiger charge is 2.35. The number of hydrogen-bond acceptors (Lipinski definition) is 4. The molecule has 1 heterocycles. The van der Waals surface area contributed by atoms with E-state index >= 15 is 0 Å². The molecule has 1 atom stereocenters. The quantitative estimate of drug-likeness (QED) is 0.468. The van der Waals surface area contributed by atoms with Crippen LogP contribution >= 0.6 is 0 Å². The van der Waals surface area contributed by atoms with Gasteiger partial charge in [0.1, 0.15) is 11.7 Å². The third-order valence-electron chi connectivity index (χ3n) is 1.66. The molecule has 0 saturated carbocycles. The summed E-state index contributed by atoms with van der Waals surface area (Å²) in [5.74, 6) is 0. The van der Waals surface area contributed by atoms with E-state index in [-0.39, 0.29) is 6.10 Å². The van der Waals surface area contributed by atoms with Crippen molar-refractivity contribution in [2.75, 3.05) is 6.61 Å². The summed E-state index contributed by atoms with van der Waals surface area (Å²) in [6.45, 7) is 4.05. The molecule has 0 bridgehead atoms. The Bertz CT molecular complexity index is 106. The highest BCUT2D eigenvalue weighted by molar-refractivity contribution is 4.79. The van der Waals surface area contributed by atoms with Crippen LogP contribution in [0.2, 0.25) is 0 Å². The molecule has 0 aromatic rings. The van der Waals surface area contributed by atoms with Crippen LogP contribution < -0.4 is 0 Å². The fraction of sp³-hybridized carbons (Fsp3) is 1.00. The molecule has 1 rings (SSSR count). The molecule has 0 amide bonds. The monoisotopic (exact) mass is 148 g/mol. The zero-order valence-electron chi connectivity index (χ0n) is 6.16. The molecule has 10 heavy (non-hydrogen) atoms. The second-order valence-corrected chi connectivity index (χ2v) is 2.89. The van der Waals surface area contributed by atoms with Crippen molar-refractivity contribution in [2.45, 2.75) is 32.0 Å². The van der Waals surface area contributed by atoms with Gasteiger partial charge in [-0.1, -0.05) is 0 Å². The third-order valence-corrected chi connectivity index (χ3v) is 1.66. The molecule has 0 radical (unpaired) electrons. The van der Waals surface area contributed by atoms with Gasteiger partial charge in [0, 0.05) is 6.42 Å². The molecule has 1 N–H and O–H groups in total. The molecule has 0 aromatic heterocycles. The molecule has 1 saturated heterocycles. The van der Waals surface area contributed by atoms with Crippen molar-refractivity contribution in [3.05, 3.63) is 0 Å². The fourth-order valence-electron chi connectivity index (χ4n) is 0.856. The Morgan fingerprint density at radius 2 is 2.30 bits per heavy atom. The van der Waals surface area contributed by atoms with Crippen LogP contribution in [0.3, 0.4) is 0 Å². The molecular weight excluding hydrogens is 136 g/mol. The third kappa shape index (κ3) is 1.46. The van der Waals surface area contributed by atoms with Gasteiger partial charge in [0.15, 0.2) is 0 Å². The Morgan fingerprint density at radius 1 is 1.60 bits per heavy atom. The van der Waals surface area contributed by atoms with E-state index in [1.165, 1.54) is 0 Å². The molecule has 0 spiro atoms. The average molecular weight is 148 g/mol. The largest absolute Gasteiger partial charge is 0.251 e. The topological polar surface area (TPSA) is 47.9 Å². The number of rotatable bonds is 2. The normalized spacial score (nSPS) is 27.3. The summed E-state index contributed by atoms with van der Waals surface area (Å²) in [5, 5.41) is 8.42. The van der Waals surface area contributed by atoms with Gasteiger partial charge in [-0.05, 0) is 13.8 Å². The standard InChI is InChI=1S/C6H12O4/c1-6(2,10-7)5-3-4-8-9-5/h5,7H,3-4H2,1-2H3/t5-/m0/s1. The first-order valence-electron chi connectivity index (χ1n) is 3.27. The summed E-state index contributed by atoms with van der Waals surface area (Å²) in [6.07, 6.45) is 0.589. The average Bonchev–Trinajstić information content (AvgIpc) is 2.38. The van der Waals surface area contributed by atoms with Crippen LogP contribution in [0.25, 0.3) is 0 Å². The van der Waals surface area contributed by atoms with Gasteiger partial charge in [-0.2, -0.15) is 0 Å². The molecule has 4 heteroatoms. The van der Waals surface area contributed by atoms with Crippen LogP contribution in [0, 0.1) is 0 Å². The van der Waals surface area contributed by atoms with E-state index < -0.39 is 5.60 Å². The lowest BCUT2D eigenvalue weighted by Gasteiger charge is -2.24. The molecule has 1 fully saturated rings. The minimum absolute atomic E-state index is 0.169. The van der Waals surface area contributed by atoms with Crippen molar-refractivity contribution in [1.82, 2.24) is 0 Å². The summed E-state index contributed by atoms with van der Waals surface area (Å²) in [6, 6.07) is 0. The van der Waals surface area contributed by atoms with Gasteiger partial charge in [0.25, 0.3) is 0 Å². The van der Waals surface area contributed by atoms with Gasteiger partial charge in [-0.25, -0.2) is 14.7 Å². The lowest BCUT2D eigenvalue weighted by Crippen LogP contribution is -2.37. The van der Waals surface area contributed by atoms with Gasteiger partial charge >= 0.3 is 0 Å². The maximum atomic E-state index is 8.42. The van der Waals surface area contributed by atoms with Crippen molar-refractivity contribution < 1.29 is 19.9 Å². The summed E-state index contributed by atoms with van der Waals surface area (Å²) in [7, 11) is 0. The van der Waals surface area contributed by atoms with Gasteiger partial charge in [-0.15, -0.1) is 0 Å². The van der Waals surface area contributed by atoms with Gasteiger partial charge in [0.2, 0.25) is 0 Å². The van der Waals surface area contributed by atoms with Crippen molar-refractivity contribution in [3.8, 4) is 0 Å². The van der Waals surface area contributed by atoms with Crippen LogP contribution in [0.5, 0.6) is 0 Å². The van der Waals surface area contributed by atoms with E-state index in [4.69, 9.17) is 10.1 Å². The van der Waals surface area contributed by atoms with E-state index in [1.54, 1.807) is 13.8 Å². The van der Waals surface area contributed by atoms with Crippen LogP contribution in [-0.2, 0) is 14.7 Å². The van der Waals surface area contributed by atoms with Gasteiger partial charge < -0.3 is 0 Å². The Labute approximate surface area is 59.6 Å². The Hall–Kier alpha value is -0.160. The SMILES string of the molecule is CC(C)(OO)[C@@H]1CCOO1. The van der Waals surface area contributed by atoms with Crippen LogP contribution in [0.1, 0.15) is 20.3 Å². The summed E-state index contributed by atoms with van der Waals surface area (Å²) in [4.78, 5) is 13.7. The van der Waals surface area contributed by atoms with Gasteiger partial charge in [-0.3, -0.25) is 5.26 Å². The second-order valence-electron chi connectivity index (χ2n) is 2.89. The predicted molar refractivity (Wildman–Crippen MR) is 33.2 cm³/mol. The second kappa shape index (κ2) is 2.84. The molecule has 1 aliphatic heterocycles. The molecule has 60 valence electrons. The number of hydrogen-bond donors (Lipinski definition) is 1. The molecular formula is C6H12O4. The highest BCUT2D eigenvalue weighted by Crippen LogP contribution is 2.23. The van der Waals surface area contributed by atoms with E-state index in [9.17, 15) is 0 Å². The minimum atomic E-state index is -0.670. The minimum Gasteiger partial charge on any atom is -0.251 e. The maximum absolute atomic E-state index is 8.42. The molecule has 1 aliphatic rings. The van der Waals surface area contributed by atoms with Crippen molar-refractivity contribution in [3.63, 3.8) is 0 Å². The van der Waals surface area contributed by atoms with Crippen molar-refractivity contribution >= 4 is 0 Å². The van der Waals surface area contributed by atoms with Crippen molar-refractivity contribution in [2.24, 2.45) is 0 Å². The lowest BCUT2D eigenvalue weighted by atomic mass is 10.00. The Balaban J connectivity index is 2.45. The highest BCUT2D eigenvalue weighted by atomic mass is 17.2. The Kier molecular flexibility index (Phi) is 2.25. The predicted octanol–water partition coefficient (Wildman–Crippen LogP) is 0.975. The fourth-order valence-corrected chi connectivity index (χ4v) is 0.856. The van der Waals surface area contributed by atoms with Crippen molar-refractivity contribution in [1.29, 1.82) is 0 Å². The smallest absolute Gasteiger partial charge is 0.127 e. The summed E-state index contributed by atoms with van der Waals surface area (Å²) < 4.78 is 0. The first-order chi connectivity index (χ1) is 4.67. The van der Waals surface area contributed by atoms with Crippen LogP contribution in [0.4, 0.5) is 0 Å². The molecule has 0 unspecified atom stereocenters. The first kappa shape index (κ1) is 7.94. The molecule has 0 aliphatic carbocycles. The summed E-state index contributed by atoms with van der Waals surface area (Å²) >= 11 is 0. The van der Waals surface area contributed by atoms with E-state index in [2.05, 4.69) is 9.78 Å².